The van der Waals surface area contributed by atoms with Crippen LogP contribution in [0.1, 0.15) is 18.2 Å². The van der Waals surface area contributed by atoms with Gasteiger partial charge in [0.05, 0.1) is 12.3 Å². The maximum atomic E-state index is 11.6. The van der Waals surface area contributed by atoms with Gasteiger partial charge in [0.15, 0.2) is 0 Å². The van der Waals surface area contributed by atoms with E-state index in [1.54, 1.807) is 11.2 Å². The number of carbonyl (C=O) groups is 1. The summed E-state index contributed by atoms with van der Waals surface area (Å²) in [6.07, 6.45) is 2.11. The van der Waals surface area contributed by atoms with Gasteiger partial charge in [-0.25, -0.2) is 0 Å². The summed E-state index contributed by atoms with van der Waals surface area (Å²) in [5, 5.41) is 3.29. The molecule has 1 saturated heterocycles. The van der Waals surface area contributed by atoms with E-state index in [0.717, 1.165) is 18.8 Å². The van der Waals surface area contributed by atoms with Crippen molar-refractivity contribution in [3.8, 4) is 0 Å². The van der Waals surface area contributed by atoms with Crippen LogP contribution in [0.4, 0.5) is 0 Å². The quantitative estimate of drug-likeness (QED) is 0.718. The molecule has 0 radical (unpaired) electrons. The van der Waals surface area contributed by atoms with Crippen LogP contribution < -0.4 is 5.32 Å². The second-order valence-electron chi connectivity index (χ2n) is 3.54. The molecule has 4 nitrogen and oxygen atoms in total. The minimum absolute atomic E-state index is 0.0300. The van der Waals surface area contributed by atoms with Crippen molar-refractivity contribution in [2.75, 3.05) is 20.1 Å². The molecular formula is C10H14N2O2. The van der Waals surface area contributed by atoms with Crippen molar-refractivity contribution >= 4 is 5.91 Å². The number of amides is 1. The number of nitrogens with one attached hydrogen (secondary N) is 1. The Balaban J connectivity index is 2.10. The van der Waals surface area contributed by atoms with Crippen LogP contribution in [0.5, 0.6) is 0 Å². The van der Waals surface area contributed by atoms with Gasteiger partial charge in [0.25, 0.3) is 0 Å². The van der Waals surface area contributed by atoms with E-state index in [1.165, 1.54) is 0 Å². The van der Waals surface area contributed by atoms with Crippen molar-refractivity contribution in [3.05, 3.63) is 24.2 Å². The fourth-order valence-corrected chi connectivity index (χ4v) is 1.62. The zero-order valence-electron chi connectivity index (χ0n) is 8.19. The van der Waals surface area contributed by atoms with Gasteiger partial charge in [0, 0.05) is 26.6 Å². The lowest BCUT2D eigenvalue weighted by atomic mass is 10.1. The first kappa shape index (κ1) is 9.27. The van der Waals surface area contributed by atoms with Crippen molar-refractivity contribution in [3.63, 3.8) is 0 Å². The Hall–Kier alpha value is -1.29. The molecule has 1 fully saturated rings. The maximum Gasteiger partial charge on any atom is 0.224 e. The molecule has 1 atom stereocenters. The highest BCUT2D eigenvalue weighted by molar-refractivity contribution is 5.76. The van der Waals surface area contributed by atoms with E-state index >= 15 is 0 Å². The number of furan rings is 1. The SMILES string of the molecule is CN1CCNC(c2ccco2)CC1=O. The monoisotopic (exact) mass is 194 g/mol. The summed E-state index contributed by atoms with van der Waals surface area (Å²) in [6, 6.07) is 3.77. The van der Waals surface area contributed by atoms with Crippen LogP contribution in [0.2, 0.25) is 0 Å². The van der Waals surface area contributed by atoms with E-state index in [0.29, 0.717) is 6.42 Å². The Morgan fingerprint density at radius 1 is 1.64 bits per heavy atom. The van der Waals surface area contributed by atoms with Crippen molar-refractivity contribution in [2.45, 2.75) is 12.5 Å². The van der Waals surface area contributed by atoms with E-state index in [2.05, 4.69) is 5.32 Å². The molecule has 76 valence electrons. The zero-order chi connectivity index (χ0) is 9.97. The first-order chi connectivity index (χ1) is 6.77. The second kappa shape index (κ2) is 3.84. The van der Waals surface area contributed by atoms with Gasteiger partial charge in [-0.05, 0) is 12.1 Å². The largest absolute Gasteiger partial charge is 0.468 e. The molecule has 0 bridgehead atoms. The topological polar surface area (TPSA) is 45.5 Å². The van der Waals surface area contributed by atoms with Crippen molar-refractivity contribution < 1.29 is 9.21 Å². The summed E-state index contributed by atoms with van der Waals surface area (Å²) < 4.78 is 5.28. The number of likely N-dealkylation sites (N-methyl/N-ethyl adjacent to an activating group) is 1. The van der Waals surface area contributed by atoms with Gasteiger partial charge in [0.2, 0.25) is 5.91 Å². The predicted octanol–water partition coefficient (Wildman–Crippen LogP) is 0.772. The Kier molecular flexibility index (Phi) is 2.54. The second-order valence-corrected chi connectivity index (χ2v) is 3.54. The lowest BCUT2D eigenvalue weighted by Crippen LogP contribution is -2.27. The fourth-order valence-electron chi connectivity index (χ4n) is 1.62. The summed E-state index contributed by atoms with van der Waals surface area (Å²) in [5.41, 5.74) is 0. The van der Waals surface area contributed by atoms with Gasteiger partial charge < -0.3 is 14.6 Å². The lowest BCUT2D eigenvalue weighted by molar-refractivity contribution is -0.129. The smallest absolute Gasteiger partial charge is 0.224 e. The number of carbonyl (C=O) groups excluding carboxylic acids is 1. The number of rotatable bonds is 1. The number of hydrogen-bond donors (Lipinski definition) is 1. The zero-order valence-corrected chi connectivity index (χ0v) is 8.19. The van der Waals surface area contributed by atoms with E-state index < -0.39 is 0 Å². The highest BCUT2D eigenvalue weighted by Crippen LogP contribution is 2.19. The van der Waals surface area contributed by atoms with E-state index in [-0.39, 0.29) is 11.9 Å². The molecule has 1 aromatic heterocycles. The Labute approximate surface area is 82.9 Å². The van der Waals surface area contributed by atoms with Gasteiger partial charge in [0.1, 0.15) is 5.76 Å². The third kappa shape index (κ3) is 1.80. The van der Waals surface area contributed by atoms with E-state index in [4.69, 9.17) is 4.42 Å². The molecule has 1 amide bonds. The van der Waals surface area contributed by atoms with Crippen molar-refractivity contribution in [2.24, 2.45) is 0 Å². The summed E-state index contributed by atoms with van der Waals surface area (Å²) in [5.74, 6) is 1.00. The van der Waals surface area contributed by atoms with Gasteiger partial charge in [-0.1, -0.05) is 0 Å². The molecular weight excluding hydrogens is 180 g/mol. The average molecular weight is 194 g/mol. The van der Waals surface area contributed by atoms with Crippen LogP contribution in [0.3, 0.4) is 0 Å². The molecule has 0 spiro atoms. The molecule has 1 aliphatic heterocycles. The van der Waals surface area contributed by atoms with Crippen molar-refractivity contribution in [1.82, 2.24) is 10.2 Å². The van der Waals surface area contributed by atoms with Crippen LogP contribution in [-0.2, 0) is 4.79 Å². The molecule has 14 heavy (non-hydrogen) atoms. The molecule has 2 heterocycles. The van der Waals surface area contributed by atoms with Gasteiger partial charge in [-0.3, -0.25) is 4.79 Å². The molecule has 4 heteroatoms. The van der Waals surface area contributed by atoms with E-state index in [9.17, 15) is 4.79 Å². The summed E-state index contributed by atoms with van der Waals surface area (Å²) in [4.78, 5) is 13.3. The molecule has 0 aliphatic carbocycles. The minimum atomic E-state index is 0.0300. The molecule has 0 saturated carbocycles. The Morgan fingerprint density at radius 3 is 3.21 bits per heavy atom. The van der Waals surface area contributed by atoms with E-state index in [1.807, 2.05) is 19.2 Å². The summed E-state index contributed by atoms with van der Waals surface area (Å²) in [6.45, 7) is 1.57. The molecule has 0 aromatic carbocycles. The highest BCUT2D eigenvalue weighted by atomic mass is 16.3. The number of nitrogens with zero attached hydrogens (tertiary/aromatic N) is 1. The summed E-state index contributed by atoms with van der Waals surface area (Å²) >= 11 is 0. The fraction of sp³-hybridized carbons (Fsp3) is 0.500. The normalized spacial score (nSPS) is 23.6. The van der Waals surface area contributed by atoms with Gasteiger partial charge in [-0.15, -0.1) is 0 Å². The maximum absolute atomic E-state index is 11.6. The minimum Gasteiger partial charge on any atom is -0.468 e. The Morgan fingerprint density at radius 2 is 2.50 bits per heavy atom. The standard InChI is InChI=1S/C10H14N2O2/c1-12-5-4-11-8(7-10(12)13)9-3-2-6-14-9/h2-3,6,8,11H,4-5,7H2,1H3. The third-order valence-corrected chi connectivity index (χ3v) is 2.53. The first-order valence-electron chi connectivity index (χ1n) is 4.78. The number of hydrogen-bond acceptors (Lipinski definition) is 3. The van der Waals surface area contributed by atoms with Crippen LogP contribution >= 0.6 is 0 Å². The van der Waals surface area contributed by atoms with Gasteiger partial charge >= 0.3 is 0 Å². The Bertz CT molecular complexity index is 308. The van der Waals surface area contributed by atoms with Crippen LogP contribution in [-0.4, -0.2) is 30.9 Å². The first-order valence-corrected chi connectivity index (χ1v) is 4.78. The highest BCUT2D eigenvalue weighted by Gasteiger charge is 2.23. The average Bonchev–Trinajstić information content (AvgIpc) is 2.63. The molecule has 1 N–H and O–H groups in total. The van der Waals surface area contributed by atoms with Crippen LogP contribution in [0.25, 0.3) is 0 Å². The molecule has 1 aromatic rings. The molecule has 1 unspecified atom stereocenters. The third-order valence-electron chi connectivity index (χ3n) is 2.53. The van der Waals surface area contributed by atoms with Crippen LogP contribution in [0, 0.1) is 0 Å². The molecule has 2 rings (SSSR count). The van der Waals surface area contributed by atoms with Gasteiger partial charge in [-0.2, -0.15) is 0 Å². The molecule has 1 aliphatic rings. The summed E-state index contributed by atoms with van der Waals surface area (Å²) in [7, 11) is 1.83. The predicted molar refractivity (Wildman–Crippen MR) is 51.7 cm³/mol. The van der Waals surface area contributed by atoms with Crippen molar-refractivity contribution in [1.29, 1.82) is 0 Å². The lowest BCUT2D eigenvalue weighted by Gasteiger charge is -2.12. The van der Waals surface area contributed by atoms with Crippen LogP contribution in [0.15, 0.2) is 22.8 Å².